The van der Waals surface area contributed by atoms with E-state index in [2.05, 4.69) is 4.90 Å². The van der Waals surface area contributed by atoms with Gasteiger partial charge in [-0.25, -0.2) is 4.79 Å². The van der Waals surface area contributed by atoms with Crippen molar-refractivity contribution >= 4 is 17.8 Å². The fourth-order valence-electron chi connectivity index (χ4n) is 5.18. The molecule has 4 heterocycles. The van der Waals surface area contributed by atoms with Crippen LogP contribution in [0.1, 0.15) is 32.6 Å². The fraction of sp³-hybridized carbons (Fsp3) is 0.833. The molecule has 4 saturated heterocycles. The van der Waals surface area contributed by atoms with Crippen LogP contribution in [-0.4, -0.2) is 89.3 Å². The van der Waals surface area contributed by atoms with Gasteiger partial charge in [0.25, 0.3) is 0 Å². The molecule has 0 aromatic rings. The van der Waals surface area contributed by atoms with Gasteiger partial charge >= 0.3 is 6.03 Å². The van der Waals surface area contributed by atoms with Crippen LogP contribution in [-0.2, 0) is 9.59 Å². The van der Waals surface area contributed by atoms with Gasteiger partial charge in [-0.2, -0.15) is 0 Å². The van der Waals surface area contributed by atoms with Gasteiger partial charge in [-0.15, -0.1) is 0 Å². The van der Waals surface area contributed by atoms with E-state index in [1.54, 1.807) is 11.8 Å². The largest absolute Gasteiger partial charge is 0.339 e. The first-order chi connectivity index (χ1) is 12.0. The van der Waals surface area contributed by atoms with Crippen LogP contribution < -0.4 is 0 Å². The number of carbonyl (C=O) groups excluding carboxylic acids is 3. The van der Waals surface area contributed by atoms with Gasteiger partial charge in [-0.05, 0) is 31.1 Å². The minimum atomic E-state index is 0.0849. The summed E-state index contributed by atoms with van der Waals surface area (Å²) in [6, 6.07) is 0.455. The van der Waals surface area contributed by atoms with E-state index in [-0.39, 0.29) is 11.9 Å². The Labute approximate surface area is 148 Å². The molecule has 0 saturated carbocycles. The maximum absolute atomic E-state index is 13.0. The van der Waals surface area contributed by atoms with Gasteiger partial charge in [0.05, 0.1) is 0 Å². The van der Waals surface area contributed by atoms with Crippen LogP contribution in [0.25, 0.3) is 0 Å². The van der Waals surface area contributed by atoms with Gasteiger partial charge in [-0.1, -0.05) is 0 Å². The normalized spacial score (nSPS) is 32.5. The van der Waals surface area contributed by atoms with Gasteiger partial charge in [0, 0.05) is 65.2 Å². The molecule has 7 heteroatoms. The van der Waals surface area contributed by atoms with Crippen LogP contribution in [0.2, 0.25) is 0 Å². The van der Waals surface area contributed by atoms with Crippen molar-refractivity contribution in [1.29, 1.82) is 0 Å². The van der Waals surface area contributed by atoms with E-state index < -0.39 is 0 Å². The third-order valence-corrected chi connectivity index (χ3v) is 6.45. The summed E-state index contributed by atoms with van der Waals surface area (Å²) in [7, 11) is 0. The Morgan fingerprint density at radius 2 is 1.68 bits per heavy atom. The summed E-state index contributed by atoms with van der Waals surface area (Å²) in [5.41, 5.74) is 0. The minimum Gasteiger partial charge on any atom is -0.339 e. The molecule has 7 nitrogen and oxygen atoms in total. The molecule has 4 fully saturated rings. The van der Waals surface area contributed by atoms with Crippen molar-refractivity contribution < 1.29 is 14.4 Å². The van der Waals surface area contributed by atoms with Crippen LogP contribution in [0.3, 0.4) is 0 Å². The Balaban J connectivity index is 1.39. The van der Waals surface area contributed by atoms with Gasteiger partial charge in [0.1, 0.15) is 0 Å². The number of hydrogen-bond acceptors (Lipinski definition) is 3. The van der Waals surface area contributed by atoms with Crippen molar-refractivity contribution in [2.24, 2.45) is 11.8 Å². The lowest BCUT2D eigenvalue weighted by Gasteiger charge is -2.53. The molecule has 4 amide bonds. The van der Waals surface area contributed by atoms with E-state index >= 15 is 0 Å². The van der Waals surface area contributed by atoms with E-state index in [0.29, 0.717) is 56.4 Å². The lowest BCUT2D eigenvalue weighted by Crippen LogP contribution is -2.63. The smallest absolute Gasteiger partial charge is 0.320 e. The molecule has 0 N–H and O–H groups in total. The third-order valence-electron chi connectivity index (χ3n) is 6.45. The van der Waals surface area contributed by atoms with E-state index in [4.69, 9.17) is 0 Å². The Morgan fingerprint density at radius 1 is 0.960 bits per heavy atom. The molecule has 4 aliphatic heterocycles. The monoisotopic (exact) mass is 348 g/mol. The van der Waals surface area contributed by atoms with Gasteiger partial charge < -0.3 is 19.6 Å². The molecule has 0 radical (unpaired) electrons. The summed E-state index contributed by atoms with van der Waals surface area (Å²) in [6.45, 7) is 6.45. The average Bonchev–Trinajstić information content (AvgIpc) is 2.62. The van der Waals surface area contributed by atoms with Crippen LogP contribution in [0.4, 0.5) is 4.79 Å². The number of piperazine rings is 1. The predicted octanol–water partition coefficient (Wildman–Crippen LogP) is 0.603. The average molecular weight is 348 g/mol. The van der Waals surface area contributed by atoms with Crippen molar-refractivity contribution in [1.82, 2.24) is 19.6 Å². The number of piperidine rings is 3. The van der Waals surface area contributed by atoms with E-state index in [0.717, 1.165) is 38.9 Å². The Kier molecular flexibility index (Phi) is 4.33. The quantitative estimate of drug-likeness (QED) is 0.644. The number of fused-ring (bicyclic) bond motifs is 4. The number of rotatable bonds is 0. The van der Waals surface area contributed by atoms with E-state index in [1.807, 2.05) is 9.80 Å². The molecule has 0 aromatic carbocycles. The highest BCUT2D eigenvalue weighted by Crippen LogP contribution is 2.38. The number of urea groups is 1. The molecule has 2 bridgehead atoms. The first kappa shape index (κ1) is 16.7. The standard InChI is InChI=1S/C18H28N4O3/c1-13(23)19-5-7-20(8-6-19)18(25)21-10-14-9-15(12-21)16-3-2-4-17(24)22(16)11-14/h14-16H,2-12H2,1H3/t14?,15?,16-/m1/s1. The molecule has 2 unspecified atom stereocenters. The Hall–Kier alpha value is -1.79. The number of carbonyl (C=O) groups is 3. The van der Waals surface area contributed by atoms with Crippen molar-refractivity contribution in [3.8, 4) is 0 Å². The van der Waals surface area contributed by atoms with Crippen LogP contribution in [0, 0.1) is 11.8 Å². The molecule has 138 valence electrons. The molecular weight excluding hydrogens is 320 g/mol. The van der Waals surface area contributed by atoms with E-state index in [9.17, 15) is 14.4 Å². The number of hydrogen-bond donors (Lipinski definition) is 0. The maximum atomic E-state index is 13.0. The minimum absolute atomic E-state index is 0.0849. The zero-order valence-electron chi connectivity index (χ0n) is 15.0. The molecule has 0 aliphatic carbocycles. The van der Waals surface area contributed by atoms with Crippen LogP contribution in [0.15, 0.2) is 0 Å². The zero-order valence-corrected chi connectivity index (χ0v) is 15.0. The van der Waals surface area contributed by atoms with Crippen LogP contribution in [0.5, 0.6) is 0 Å². The fourth-order valence-corrected chi connectivity index (χ4v) is 5.18. The van der Waals surface area contributed by atoms with Gasteiger partial charge in [-0.3, -0.25) is 9.59 Å². The summed E-state index contributed by atoms with van der Waals surface area (Å²) in [6.07, 6.45) is 3.92. The highest BCUT2D eigenvalue weighted by molar-refractivity contribution is 5.78. The second-order valence-electron chi connectivity index (χ2n) is 8.05. The molecule has 25 heavy (non-hydrogen) atoms. The predicted molar refractivity (Wildman–Crippen MR) is 91.7 cm³/mol. The number of likely N-dealkylation sites (tertiary alicyclic amines) is 1. The molecular formula is C18H28N4O3. The zero-order chi connectivity index (χ0) is 17.6. The summed E-state index contributed by atoms with van der Waals surface area (Å²) < 4.78 is 0. The summed E-state index contributed by atoms with van der Waals surface area (Å²) in [5.74, 6) is 1.24. The van der Waals surface area contributed by atoms with E-state index in [1.165, 1.54) is 0 Å². The second-order valence-corrected chi connectivity index (χ2v) is 8.05. The molecule has 0 spiro atoms. The molecule has 3 atom stereocenters. The number of amides is 4. The Bertz CT molecular complexity index is 573. The van der Waals surface area contributed by atoms with Crippen molar-refractivity contribution in [3.63, 3.8) is 0 Å². The third kappa shape index (κ3) is 3.09. The highest BCUT2D eigenvalue weighted by atomic mass is 16.2. The summed E-state index contributed by atoms with van der Waals surface area (Å²) in [5, 5.41) is 0. The topological polar surface area (TPSA) is 64.2 Å². The van der Waals surface area contributed by atoms with Gasteiger partial charge in [0.2, 0.25) is 11.8 Å². The first-order valence-electron chi connectivity index (χ1n) is 9.61. The lowest BCUT2D eigenvalue weighted by molar-refractivity contribution is -0.144. The second kappa shape index (κ2) is 6.50. The maximum Gasteiger partial charge on any atom is 0.320 e. The molecule has 4 aliphatic rings. The summed E-state index contributed by atoms with van der Waals surface area (Å²) >= 11 is 0. The lowest BCUT2D eigenvalue weighted by atomic mass is 9.76. The molecule has 0 aromatic heterocycles. The molecule has 4 rings (SSSR count). The van der Waals surface area contributed by atoms with Crippen molar-refractivity contribution in [3.05, 3.63) is 0 Å². The van der Waals surface area contributed by atoms with Crippen molar-refractivity contribution in [2.45, 2.75) is 38.6 Å². The number of nitrogens with zero attached hydrogens (tertiary/aromatic N) is 4. The van der Waals surface area contributed by atoms with Gasteiger partial charge in [0.15, 0.2) is 0 Å². The Morgan fingerprint density at radius 3 is 2.40 bits per heavy atom. The summed E-state index contributed by atoms with van der Waals surface area (Å²) in [4.78, 5) is 44.4. The highest BCUT2D eigenvalue weighted by Gasteiger charge is 2.45. The first-order valence-corrected chi connectivity index (χ1v) is 9.61. The van der Waals surface area contributed by atoms with Crippen molar-refractivity contribution in [2.75, 3.05) is 45.8 Å². The SMILES string of the molecule is CC(=O)N1CCN(C(=O)N2CC3CC(C2)[C@H]2CCCC(=O)N2C3)CC1. The van der Waals surface area contributed by atoms with Crippen LogP contribution >= 0.6 is 0 Å².